The molecule has 0 radical (unpaired) electrons. The molecule has 1 atom stereocenters. The number of hydrogen-bond acceptors (Lipinski definition) is 7. The molecule has 8 heteroatoms. The molecule has 1 fully saturated rings. The second-order valence-corrected chi connectivity index (χ2v) is 6.02. The van der Waals surface area contributed by atoms with Gasteiger partial charge in [0.25, 0.3) is 0 Å². The van der Waals surface area contributed by atoms with E-state index in [1.54, 1.807) is 7.11 Å². The van der Waals surface area contributed by atoms with Gasteiger partial charge in [-0.2, -0.15) is 4.98 Å². The number of rotatable bonds is 5. The number of nitrogens with zero attached hydrogens (tertiary/aromatic N) is 3. The Kier molecular flexibility index (Phi) is 4.92. The molecule has 24 heavy (non-hydrogen) atoms. The molecule has 1 unspecified atom stereocenters. The fourth-order valence-corrected chi connectivity index (χ4v) is 2.98. The second-order valence-electron chi connectivity index (χ2n) is 5.61. The highest BCUT2D eigenvalue weighted by Gasteiger charge is 2.24. The average molecular weight is 350 g/mol. The summed E-state index contributed by atoms with van der Waals surface area (Å²) in [6, 6.07) is 5.98. The molecule has 3 rings (SSSR count). The molecule has 0 aliphatic carbocycles. The summed E-state index contributed by atoms with van der Waals surface area (Å²) in [5, 5.41) is 12.9. The number of aromatic nitrogens is 2. The van der Waals surface area contributed by atoms with E-state index in [1.165, 1.54) is 6.20 Å². The van der Waals surface area contributed by atoms with Gasteiger partial charge in [-0.3, -0.25) is 0 Å². The number of methoxy groups -OCH3 is 1. The van der Waals surface area contributed by atoms with E-state index < -0.39 is 0 Å². The van der Waals surface area contributed by atoms with Crippen molar-refractivity contribution in [1.82, 2.24) is 9.97 Å². The predicted molar refractivity (Wildman–Crippen MR) is 95.2 cm³/mol. The molecule has 1 aromatic heterocycles. The van der Waals surface area contributed by atoms with Crippen molar-refractivity contribution >= 4 is 34.7 Å². The van der Waals surface area contributed by atoms with E-state index in [0.29, 0.717) is 16.7 Å². The molecule has 1 aliphatic heterocycles. The number of benzene rings is 1. The van der Waals surface area contributed by atoms with Crippen LogP contribution in [0.4, 0.5) is 23.1 Å². The number of aliphatic hydroxyl groups excluding tert-OH is 1. The fraction of sp³-hybridized carbons (Fsp3) is 0.375. The molecule has 1 aliphatic rings. The summed E-state index contributed by atoms with van der Waals surface area (Å²) >= 11 is 5.83. The van der Waals surface area contributed by atoms with Crippen LogP contribution in [0.1, 0.15) is 12.8 Å². The van der Waals surface area contributed by atoms with Crippen LogP contribution in [0.25, 0.3) is 0 Å². The lowest BCUT2D eigenvalue weighted by atomic mass is 10.2. The molecule has 4 N–H and O–H groups in total. The van der Waals surface area contributed by atoms with Crippen LogP contribution in [0.15, 0.2) is 24.4 Å². The highest BCUT2D eigenvalue weighted by molar-refractivity contribution is 6.32. The van der Waals surface area contributed by atoms with E-state index in [2.05, 4.69) is 20.2 Å². The zero-order chi connectivity index (χ0) is 17.1. The summed E-state index contributed by atoms with van der Waals surface area (Å²) in [5.41, 5.74) is 7.44. The molecule has 1 aromatic carbocycles. The number of aliphatic hydroxyl groups is 1. The van der Waals surface area contributed by atoms with Crippen molar-refractivity contribution in [3.63, 3.8) is 0 Å². The molecular weight excluding hydrogens is 330 g/mol. The minimum atomic E-state index is 0.153. The van der Waals surface area contributed by atoms with Crippen molar-refractivity contribution in [2.75, 3.05) is 36.2 Å². The van der Waals surface area contributed by atoms with Gasteiger partial charge in [0.2, 0.25) is 5.95 Å². The molecule has 0 amide bonds. The molecule has 2 heterocycles. The third kappa shape index (κ3) is 3.32. The van der Waals surface area contributed by atoms with Gasteiger partial charge in [0.15, 0.2) is 0 Å². The van der Waals surface area contributed by atoms with Crippen molar-refractivity contribution in [3.05, 3.63) is 29.4 Å². The van der Waals surface area contributed by atoms with Gasteiger partial charge in [-0.1, -0.05) is 11.6 Å². The standard InChI is InChI=1S/C16H20ClN5O2/c1-24-14-7-10(22-6-2-3-11(22)9-23)4-5-13(14)20-16-19-8-12(17)15(18)21-16/h4-5,7-8,11,23H,2-3,6,9H2,1H3,(H3,18,19,20,21). The lowest BCUT2D eigenvalue weighted by Crippen LogP contribution is -2.31. The monoisotopic (exact) mass is 349 g/mol. The number of halogens is 1. The minimum Gasteiger partial charge on any atom is -0.494 e. The van der Waals surface area contributed by atoms with Crippen LogP contribution in [0, 0.1) is 0 Å². The lowest BCUT2D eigenvalue weighted by Gasteiger charge is -2.26. The van der Waals surface area contributed by atoms with E-state index in [0.717, 1.165) is 30.8 Å². The summed E-state index contributed by atoms with van der Waals surface area (Å²) in [6.45, 7) is 1.08. The second kappa shape index (κ2) is 7.11. The maximum absolute atomic E-state index is 9.50. The van der Waals surface area contributed by atoms with Crippen LogP contribution in [0.3, 0.4) is 0 Å². The largest absolute Gasteiger partial charge is 0.494 e. The van der Waals surface area contributed by atoms with E-state index >= 15 is 0 Å². The molecular formula is C16H20ClN5O2. The Hall–Kier alpha value is -2.25. The SMILES string of the molecule is COc1cc(N2CCCC2CO)ccc1Nc1ncc(Cl)c(N)n1. The van der Waals surface area contributed by atoms with E-state index in [1.807, 2.05) is 18.2 Å². The number of ether oxygens (including phenoxy) is 1. The average Bonchev–Trinajstić information content (AvgIpc) is 3.07. The summed E-state index contributed by atoms with van der Waals surface area (Å²) in [7, 11) is 1.61. The van der Waals surface area contributed by atoms with E-state index in [4.69, 9.17) is 22.1 Å². The summed E-state index contributed by atoms with van der Waals surface area (Å²) < 4.78 is 5.48. The Morgan fingerprint density at radius 1 is 1.50 bits per heavy atom. The fourth-order valence-electron chi connectivity index (χ4n) is 2.89. The van der Waals surface area contributed by atoms with Gasteiger partial charge < -0.3 is 25.8 Å². The number of nitrogens with one attached hydrogen (secondary N) is 1. The molecule has 0 spiro atoms. The van der Waals surface area contributed by atoms with Crippen LogP contribution in [0.5, 0.6) is 5.75 Å². The van der Waals surface area contributed by atoms with Gasteiger partial charge in [0.1, 0.15) is 16.6 Å². The van der Waals surface area contributed by atoms with Crippen LogP contribution in [-0.4, -0.2) is 41.4 Å². The van der Waals surface area contributed by atoms with Gasteiger partial charge in [-0.05, 0) is 25.0 Å². The number of nitrogen functional groups attached to an aromatic ring is 1. The van der Waals surface area contributed by atoms with E-state index in [-0.39, 0.29) is 18.5 Å². The third-order valence-electron chi connectivity index (χ3n) is 4.12. The highest BCUT2D eigenvalue weighted by Crippen LogP contribution is 2.34. The maximum Gasteiger partial charge on any atom is 0.229 e. The van der Waals surface area contributed by atoms with Crippen molar-refractivity contribution in [2.45, 2.75) is 18.9 Å². The summed E-state index contributed by atoms with van der Waals surface area (Å²) in [6.07, 6.45) is 3.52. The van der Waals surface area contributed by atoms with Gasteiger partial charge in [-0.25, -0.2) is 4.98 Å². The first-order valence-corrected chi connectivity index (χ1v) is 8.10. The van der Waals surface area contributed by atoms with Crippen molar-refractivity contribution in [3.8, 4) is 5.75 Å². The van der Waals surface area contributed by atoms with Crippen LogP contribution in [0.2, 0.25) is 5.02 Å². The smallest absolute Gasteiger partial charge is 0.229 e. The van der Waals surface area contributed by atoms with Gasteiger partial charge in [0.05, 0.1) is 31.6 Å². The topological polar surface area (TPSA) is 96.5 Å². The highest BCUT2D eigenvalue weighted by atomic mass is 35.5. The van der Waals surface area contributed by atoms with Gasteiger partial charge in [0, 0.05) is 18.3 Å². The van der Waals surface area contributed by atoms with Crippen molar-refractivity contribution in [2.24, 2.45) is 0 Å². The van der Waals surface area contributed by atoms with Crippen LogP contribution in [-0.2, 0) is 0 Å². The van der Waals surface area contributed by atoms with Crippen molar-refractivity contribution in [1.29, 1.82) is 0 Å². The lowest BCUT2D eigenvalue weighted by molar-refractivity contribution is 0.266. The number of hydrogen-bond donors (Lipinski definition) is 3. The van der Waals surface area contributed by atoms with Gasteiger partial charge >= 0.3 is 0 Å². The predicted octanol–water partition coefficient (Wildman–Crippen LogP) is 2.43. The Balaban J connectivity index is 1.85. The first-order valence-electron chi connectivity index (χ1n) is 7.73. The Bertz CT molecular complexity index is 728. The molecule has 2 aromatic rings. The first-order chi connectivity index (χ1) is 11.6. The number of anilines is 4. The summed E-state index contributed by atoms with van der Waals surface area (Å²) in [4.78, 5) is 10.4. The molecule has 0 saturated carbocycles. The third-order valence-corrected chi connectivity index (χ3v) is 4.41. The molecule has 128 valence electrons. The van der Waals surface area contributed by atoms with Crippen LogP contribution < -0.4 is 20.7 Å². The molecule has 0 bridgehead atoms. The maximum atomic E-state index is 9.50. The minimum absolute atomic E-state index is 0.153. The zero-order valence-corrected chi connectivity index (χ0v) is 14.1. The normalized spacial score (nSPS) is 17.1. The Labute approximate surface area is 145 Å². The van der Waals surface area contributed by atoms with Crippen LogP contribution >= 0.6 is 11.6 Å². The first kappa shape index (κ1) is 16.6. The quantitative estimate of drug-likeness (QED) is 0.762. The molecule has 1 saturated heterocycles. The number of nitrogens with two attached hydrogens (primary N) is 1. The summed E-state index contributed by atoms with van der Waals surface area (Å²) in [5.74, 6) is 1.22. The van der Waals surface area contributed by atoms with Gasteiger partial charge in [-0.15, -0.1) is 0 Å². The Morgan fingerprint density at radius 3 is 3.04 bits per heavy atom. The zero-order valence-electron chi connectivity index (χ0n) is 13.4. The van der Waals surface area contributed by atoms with Crippen molar-refractivity contribution < 1.29 is 9.84 Å². The molecule has 7 nitrogen and oxygen atoms in total. The van der Waals surface area contributed by atoms with E-state index in [9.17, 15) is 5.11 Å². The Morgan fingerprint density at radius 2 is 2.33 bits per heavy atom.